The van der Waals surface area contributed by atoms with Crippen LogP contribution in [-0.4, -0.2) is 49.0 Å². The minimum atomic E-state index is -1.02. The standard InChI is InChI=1S/C55H40N4O4/c1-60-37-19-24-49-43(29-37)44-30-38(61-2)20-25-50(44)58(49)35-16-14-34(15-17-35)54-53(33-10-6-5-7-11-33)56-55(57-54)47-13-9-8-12-41(47)42-23-18-36(28-48(42)55)59-51-26-21-39(62-3)31-45(51)46-32-40(63-4)22-27-52(46)59/h5-32H,1-4H3. The Kier molecular flexibility index (Phi) is 8.15. The highest BCUT2D eigenvalue weighted by molar-refractivity contribution is 6.54. The molecule has 1 spiro atoms. The van der Waals surface area contributed by atoms with Gasteiger partial charge in [0.05, 0.1) is 61.9 Å². The van der Waals surface area contributed by atoms with Crippen molar-refractivity contribution in [2.45, 2.75) is 5.66 Å². The van der Waals surface area contributed by atoms with E-state index in [0.717, 1.165) is 123 Å². The summed E-state index contributed by atoms with van der Waals surface area (Å²) in [5, 5.41) is 4.34. The molecule has 63 heavy (non-hydrogen) atoms. The molecule has 2 aliphatic rings. The fourth-order valence-corrected chi connectivity index (χ4v) is 9.85. The lowest BCUT2D eigenvalue weighted by Gasteiger charge is -2.21. The fourth-order valence-electron chi connectivity index (χ4n) is 9.85. The Hall–Kier alpha value is -8.10. The first-order valence-electron chi connectivity index (χ1n) is 20.9. The second kappa shape index (κ2) is 14.0. The predicted molar refractivity (Wildman–Crippen MR) is 254 cm³/mol. The number of ether oxygens (including phenoxy) is 4. The minimum absolute atomic E-state index is 0.799. The summed E-state index contributed by atoms with van der Waals surface area (Å²) in [5.41, 5.74) is 13.3. The van der Waals surface area contributed by atoms with Crippen LogP contribution < -0.4 is 18.9 Å². The van der Waals surface area contributed by atoms with E-state index in [4.69, 9.17) is 28.9 Å². The van der Waals surface area contributed by atoms with Crippen molar-refractivity contribution in [1.82, 2.24) is 9.13 Å². The third kappa shape index (κ3) is 5.40. The van der Waals surface area contributed by atoms with Crippen LogP contribution >= 0.6 is 0 Å². The highest BCUT2D eigenvalue weighted by Crippen LogP contribution is 2.54. The Balaban J connectivity index is 1.05. The van der Waals surface area contributed by atoms with E-state index in [1.165, 1.54) is 0 Å². The molecular weight excluding hydrogens is 781 g/mol. The normalized spacial score (nSPS) is 15.2. The van der Waals surface area contributed by atoms with Crippen LogP contribution in [0.1, 0.15) is 22.3 Å². The zero-order chi connectivity index (χ0) is 42.4. The number of hydrogen-bond acceptors (Lipinski definition) is 6. The molecule has 0 bridgehead atoms. The molecule has 0 fully saturated rings. The van der Waals surface area contributed by atoms with E-state index in [1.54, 1.807) is 28.4 Å². The van der Waals surface area contributed by atoms with Crippen LogP contribution in [-0.2, 0) is 5.66 Å². The monoisotopic (exact) mass is 820 g/mol. The maximum Gasteiger partial charge on any atom is 0.204 e. The molecule has 0 N–H and O–H groups in total. The van der Waals surface area contributed by atoms with Crippen LogP contribution in [0.25, 0.3) is 66.1 Å². The van der Waals surface area contributed by atoms with Crippen molar-refractivity contribution in [2.75, 3.05) is 28.4 Å². The number of fused-ring (bicyclic) bond motifs is 11. The van der Waals surface area contributed by atoms with E-state index in [2.05, 4.69) is 149 Å². The Labute approximate surface area is 363 Å². The van der Waals surface area contributed by atoms with Gasteiger partial charge in [0.2, 0.25) is 5.66 Å². The van der Waals surface area contributed by atoms with Crippen LogP contribution in [0.5, 0.6) is 23.0 Å². The molecule has 8 aromatic carbocycles. The third-order valence-electron chi connectivity index (χ3n) is 12.8. The molecule has 8 nitrogen and oxygen atoms in total. The van der Waals surface area contributed by atoms with Gasteiger partial charge in [-0.15, -0.1) is 0 Å². The average Bonchev–Trinajstić information content (AvgIpc) is 4.08. The van der Waals surface area contributed by atoms with Crippen molar-refractivity contribution in [2.24, 2.45) is 9.98 Å². The predicted octanol–water partition coefficient (Wildman–Crippen LogP) is 12.1. The summed E-state index contributed by atoms with van der Waals surface area (Å²) in [7, 11) is 6.81. The SMILES string of the molecule is COc1ccc2c(c1)c1cc(OC)ccc1n2-c1ccc(C2=NC3(N=C2c2ccccc2)c2ccccc2-c2ccc(-n4c5ccc(OC)cc5c5cc(OC)ccc54)cc23)cc1. The van der Waals surface area contributed by atoms with Crippen LogP contribution in [0.3, 0.4) is 0 Å². The van der Waals surface area contributed by atoms with Gasteiger partial charge in [-0.05, 0) is 108 Å². The minimum Gasteiger partial charge on any atom is -0.497 e. The van der Waals surface area contributed by atoms with Crippen molar-refractivity contribution in [3.05, 3.63) is 192 Å². The first-order chi connectivity index (χ1) is 31.0. The van der Waals surface area contributed by atoms with Gasteiger partial charge in [-0.2, -0.15) is 0 Å². The first-order valence-corrected chi connectivity index (χ1v) is 20.9. The summed E-state index contributed by atoms with van der Waals surface area (Å²) in [6.07, 6.45) is 0. The number of hydrogen-bond donors (Lipinski definition) is 0. The molecule has 0 saturated carbocycles. The number of rotatable bonds is 8. The molecule has 0 saturated heterocycles. The van der Waals surface area contributed by atoms with Gasteiger partial charge in [-0.1, -0.05) is 72.8 Å². The zero-order valence-electron chi connectivity index (χ0n) is 35.1. The van der Waals surface area contributed by atoms with Gasteiger partial charge in [0.15, 0.2) is 0 Å². The number of aromatic nitrogens is 2. The molecule has 8 heteroatoms. The van der Waals surface area contributed by atoms with Crippen molar-refractivity contribution in [1.29, 1.82) is 0 Å². The summed E-state index contributed by atoms with van der Waals surface area (Å²) in [5.74, 6) is 3.21. The van der Waals surface area contributed by atoms with Gasteiger partial charge in [0, 0.05) is 55.2 Å². The summed E-state index contributed by atoms with van der Waals surface area (Å²) in [6.45, 7) is 0. The topological polar surface area (TPSA) is 71.5 Å². The molecule has 10 aromatic rings. The molecule has 3 heterocycles. The van der Waals surface area contributed by atoms with E-state index in [-0.39, 0.29) is 0 Å². The van der Waals surface area contributed by atoms with Crippen LogP contribution in [0.2, 0.25) is 0 Å². The van der Waals surface area contributed by atoms with Crippen LogP contribution in [0.15, 0.2) is 180 Å². The maximum atomic E-state index is 5.79. The lowest BCUT2D eigenvalue weighted by Crippen LogP contribution is -2.18. The zero-order valence-corrected chi connectivity index (χ0v) is 35.1. The molecule has 1 aliphatic carbocycles. The van der Waals surface area contributed by atoms with Gasteiger partial charge in [0.1, 0.15) is 23.0 Å². The summed E-state index contributed by atoms with van der Waals surface area (Å²) in [4.78, 5) is 11.5. The van der Waals surface area contributed by atoms with Gasteiger partial charge in [-0.25, -0.2) is 9.98 Å². The number of aliphatic imine (C=N–C) groups is 2. The molecule has 1 aliphatic heterocycles. The van der Waals surface area contributed by atoms with Gasteiger partial charge in [-0.3, -0.25) is 0 Å². The van der Waals surface area contributed by atoms with Gasteiger partial charge >= 0.3 is 0 Å². The van der Waals surface area contributed by atoms with Crippen molar-refractivity contribution in [3.8, 4) is 45.5 Å². The molecular formula is C55H40N4O4. The maximum absolute atomic E-state index is 5.79. The van der Waals surface area contributed by atoms with E-state index in [0.29, 0.717) is 0 Å². The Morgan fingerprint density at radius 3 is 1.27 bits per heavy atom. The molecule has 0 amide bonds. The number of benzene rings is 8. The van der Waals surface area contributed by atoms with Crippen molar-refractivity contribution in [3.63, 3.8) is 0 Å². The summed E-state index contributed by atoms with van der Waals surface area (Å²) >= 11 is 0. The summed E-state index contributed by atoms with van der Waals surface area (Å²) in [6, 6.07) is 59.4. The molecule has 2 aromatic heterocycles. The first kappa shape index (κ1) is 36.7. The van der Waals surface area contributed by atoms with E-state index in [9.17, 15) is 0 Å². The molecule has 304 valence electrons. The van der Waals surface area contributed by atoms with Crippen LogP contribution in [0.4, 0.5) is 0 Å². The summed E-state index contributed by atoms with van der Waals surface area (Å²) < 4.78 is 27.3. The van der Waals surface area contributed by atoms with E-state index >= 15 is 0 Å². The smallest absolute Gasteiger partial charge is 0.204 e. The average molecular weight is 821 g/mol. The fraction of sp³-hybridized carbons (Fsp3) is 0.0909. The van der Waals surface area contributed by atoms with Crippen molar-refractivity contribution >= 4 is 55.0 Å². The highest BCUT2D eigenvalue weighted by atomic mass is 16.5. The Morgan fingerprint density at radius 1 is 0.365 bits per heavy atom. The van der Waals surface area contributed by atoms with Gasteiger partial charge in [0.25, 0.3) is 0 Å². The molecule has 0 radical (unpaired) electrons. The Morgan fingerprint density at radius 2 is 0.778 bits per heavy atom. The number of nitrogens with zero attached hydrogens (tertiary/aromatic N) is 4. The van der Waals surface area contributed by atoms with E-state index < -0.39 is 5.66 Å². The third-order valence-corrected chi connectivity index (χ3v) is 12.8. The largest absolute Gasteiger partial charge is 0.497 e. The van der Waals surface area contributed by atoms with E-state index in [1.807, 2.05) is 30.3 Å². The quantitative estimate of drug-likeness (QED) is 0.153. The molecule has 12 rings (SSSR count). The lowest BCUT2D eigenvalue weighted by atomic mass is 9.98. The van der Waals surface area contributed by atoms with Gasteiger partial charge < -0.3 is 28.1 Å². The van der Waals surface area contributed by atoms with Crippen LogP contribution in [0, 0.1) is 0 Å². The Bertz CT molecular complexity index is 3440. The van der Waals surface area contributed by atoms with Crippen molar-refractivity contribution < 1.29 is 18.9 Å². The number of methoxy groups -OCH3 is 4. The second-order valence-electron chi connectivity index (χ2n) is 16.0. The second-order valence-corrected chi connectivity index (χ2v) is 16.0. The molecule has 1 atom stereocenters. The highest BCUT2D eigenvalue weighted by Gasteiger charge is 2.47. The lowest BCUT2D eigenvalue weighted by molar-refractivity contribution is 0.415. The molecule has 1 unspecified atom stereocenters.